The number of nitrogens with one attached hydrogen (secondary N) is 1. The summed E-state index contributed by atoms with van der Waals surface area (Å²) >= 11 is 0. The molecule has 0 atom stereocenters. The van der Waals surface area contributed by atoms with E-state index in [-0.39, 0.29) is 29.8 Å². The lowest BCUT2D eigenvalue weighted by molar-refractivity contribution is -0.275. The first kappa shape index (κ1) is 22.1. The quantitative estimate of drug-likeness (QED) is 0.676. The van der Waals surface area contributed by atoms with Crippen LogP contribution in [0.5, 0.6) is 11.5 Å². The summed E-state index contributed by atoms with van der Waals surface area (Å²) in [5.74, 6) is -2.58. The first-order valence-corrected chi connectivity index (χ1v) is 7.68. The molecule has 11 heteroatoms. The number of alkyl halides is 6. The molecule has 2 aromatic rings. The molecule has 0 bridgehead atoms. The molecule has 3 rings (SSSR count). The van der Waals surface area contributed by atoms with Gasteiger partial charge in [-0.3, -0.25) is 0 Å². The zero-order valence-electron chi connectivity index (χ0n) is 13.8. The van der Waals surface area contributed by atoms with E-state index < -0.39 is 35.2 Å². The van der Waals surface area contributed by atoms with Crippen molar-refractivity contribution in [1.29, 1.82) is 0 Å². The molecule has 0 radical (unpaired) electrons. The Labute approximate surface area is 160 Å². The maximum Gasteiger partial charge on any atom is 0.573 e. The predicted molar refractivity (Wildman–Crippen MR) is 88.1 cm³/mol. The number of benzene rings is 2. The van der Waals surface area contributed by atoms with Crippen LogP contribution in [0.4, 0.5) is 30.7 Å². The second-order valence-corrected chi connectivity index (χ2v) is 5.77. The van der Waals surface area contributed by atoms with Crippen molar-refractivity contribution in [3.8, 4) is 22.6 Å². The van der Waals surface area contributed by atoms with E-state index in [0.717, 1.165) is 24.3 Å². The van der Waals surface area contributed by atoms with Crippen molar-refractivity contribution in [2.75, 3.05) is 13.1 Å². The molecule has 1 N–H and O–H groups in total. The Kier molecular flexibility index (Phi) is 6.34. The molecular weight excluding hydrogens is 419 g/mol. The Morgan fingerprint density at radius 1 is 0.929 bits per heavy atom. The van der Waals surface area contributed by atoms with Crippen LogP contribution in [0.1, 0.15) is 5.56 Å². The van der Waals surface area contributed by atoms with E-state index in [9.17, 15) is 30.7 Å². The summed E-state index contributed by atoms with van der Waals surface area (Å²) < 4.78 is 100. The maximum absolute atomic E-state index is 14.3. The fourth-order valence-corrected chi connectivity index (χ4v) is 2.48. The van der Waals surface area contributed by atoms with Gasteiger partial charge in [-0.05, 0) is 23.8 Å². The van der Waals surface area contributed by atoms with Gasteiger partial charge < -0.3 is 14.8 Å². The van der Waals surface area contributed by atoms with Gasteiger partial charge in [0, 0.05) is 18.7 Å². The van der Waals surface area contributed by atoms with E-state index in [1.165, 1.54) is 6.07 Å². The lowest BCUT2D eigenvalue weighted by Crippen LogP contribution is -2.50. The van der Waals surface area contributed by atoms with E-state index >= 15 is 0 Å². The minimum absolute atomic E-state index is 0. The smallest absolute Gasteiger partial charge is 0.484 e. The fraction of sp³-hybridized carbons (Fsp3) is 0.294. The number of hydrogen-bond donors (Lipinski definition) is 1. The summed E-state index contributed by atoms with van der Waals surface area (Å²) in [6.07, 6.45) is -10.4. The summed E-state index contributed by atoms with van der Waals surface area (Å²) in [5.41, 5.74) is -2.23. The van der Waals surface area contributed by atoms with Gasteiger partial charge in [-0.1, -0.05) is 18.2 Å². The van der Waals surface area contributed by atoms with Crippen molar-refractivity contribution in [2.24, 2.45) is 0 Å². The van der Waals surface area contributed by atoms with Crippen LogP contribution < -0.4 is 14.8 Å². The van der Waals surface area contributed by atoms with Gasteiger partial charge in [-0.25, -0.2) is 4.39 Å². The Hall–Kier alpha value is -2.20. The van der Waals surface area contributed by atoms with Crippen LogP contribution in [0, 0.1) is 5.82 Å². The molecule has 0 aliphatic carbocycles. The monoisotopic (exact) mass is 431 g/mol. The van der Waals surface area contributed by atoms with Crippen LogP contribution in [0.2, 0.25) is 0 Å². The molecule has 3 nitrogen and oxygen atoms in total. The topological polar surface area (TPSA) is 30.5 Å². The molecule has 1 aliphatic heterocycles. The molecule has 0 saturated carbocycles. The van der Waals surface area contributed by atoms with Gasteiger partial charge in [0.25, 0.3) is 0 Å². The van der Waals surface area contributed by atoms with Gasteiger partial charge in [0.15, 0.2) is 11.5 Å². The Balaban J connectivity index is 0.00000280. The van der Waals surface area contributed by atoms with Crippen LogP contribution in [0.3, 0.4) is 0 Å². The third kappa shape index (κ3) is 4.99. The van der Waals surface area contributed by atoms with Crippen molar-refractivity contribution in [1.82, 2.24) is 5.32 Å². The third-order valence-electron chi connectivity index (χ3n) is 3.82. The minimum atomic E-state index is -5.05. The molecule has 0 spiro atoms. The number of rotatable bonds is 4. The molecular formula is C17H13ClF7NO2. The van der Waals surface area contributed by atoms with Crippen LogP contribution in [-0.4, -0.2) is 25.6 Å². The molecule has 1 aliphatic rings. The molecule has 0 aromatic heterocycles. The highest BCUT2D eigenvalue weighted by atomic mass is 35.5. The fourth-order valence-electron chi connectivity index (χ4n) is 2.48. The summed E-state index contributed by atoms with van der Waals surface area (Å²) in [5, 5.41) is 2.87. The van der Waals surface area contributed by atoms with Crippen molar-refractivity contribution >= 4 is 12.4 Å². The van der Waals surface area contributed by atoms with Crippen LogP contribution in [0.25, 0.3) is 11.1 Å². The lowest BCUT2D eigenvalue weighted by atomic mass is 10.0. The SMILES string of the molecule is Cl.Fc1c(-c2ccc(OC3CNC3)c(OC(F)(F)F)c2)cccc1C(F)(F)F. The predicted octanol–water partition coefficient (Wildman–Crippen LogP) is 5.18. The zero-order valence-corrected chi connectivity index (χ0v) is 14.6. The van der Waals surface area contributed by atoms with E-state index in [4.69, 9.17) is 4.74 Å². The highest BCUT2D eigenvalue weighted by molar-refractivity contribution is 5.85. The van der Waals surface area contributed by atoms with Gasteiger partial charge in [-0.15, -0.1) is 25.6 Å². The summed E-state index contributed by atoms with van der Waals surface area (Å²) in [4.78, 5) is 0. The zero-order chi connectivity index (χ0) is 19.8. The van der Waals surface area contributed by atoms with Crippen molar-refractivity contribution in [2.45, 2.75) is 18.6 Å². The molecule has 0 unspecified atom stereocenters. The van der Waals surface area contributed by atoms with Gasteiger partial charge in [0.05, 0.1) is 5.56 Å². The van der Waals surface area contributed by atoms with Crippen LogP contribution in [-0.2, 0) is 6.18 Å². The second kappa shape index (κ2) is 8.04. The average molecular weight is 432 g/mol. The maximum atomic E-state index is 14.3. The standard InChI is InChI=1S/C17H12F7NO2.ClH/c18-15-11(2-1-3-12(15)16(19,20)21)9-4-5-13(26-10-7-25-8-10)14(6-9)27-17(22,23)24;/h1-6,10,25H,7-8H2;1H. The molecule has 154 valence electrons. The molecule has 28 heavy (non-hydrogen) atoms. The largest absolute Gasteiger partial charge is 0.573 e. The number of halogens is 8. The van der Waals surface area contributed by atoms with Gasteiger partial charge in [0.2, 0.25) is 0 Å². The van der Waals surface area contributed by atoms with Crippen molar-refractivity contribution in [3.63, 3.8) is 0 Å². The minimum Gasteiger partial charge on any atom is -0.484 e. The van der Waals surface area contributed by atoms with Crippen molar-refractivity contribution < 1.29 is 40.2 Å². The van der Waals surface area contributed by atoms with Crippen LogP contribution in [0.15, 0.2) is 36.4 Å². The first-order valence-electron chi connectivity index (χ1n) is 7.68. The van der Waals surface area contributed by atoms with Crippen LogP contribution >= 0.6 is 12.4 Å². The van der Waals surface area contributed by atoms with Gasteiger partial charge in [0.1, 0.15) is 11.9 Å². The van der Waals surface area contributed by atoms with E-state index in [2.05, 4.69) is 10.1 Å². The highest BCUT2D eigenvalue weighted by Crippen LogP contribution is 2.40. The number of ether oxygens (including phenoxy) is 2. The van der Waals surface area contributed by atoms with E-state index in [1.54, 1.807) is 0 Å². The number of hydrogen-bond acceptors (Lipinski definition) is 3. The lowest BCUT2D eigenvalue weighted by Gasteiger charge is -2.28. The third-order valence-corrected chi connectivity index (χ3v) is 3.82. The molecule has 1 fully saturated rings. The van der Waals surface area contributed by atoms with E-state index in [0.29, 0.717) is 19.2 Å². The van der Waals surface area contributed by atoms with Crippen molar-refractivity contribution in [3.05, 3.63) is 47.8 Å². The average Bonchev–Trinajstić information content (AvgIpc) is 2.49. The highest BCUT2D eigenvalue weighted by Gasteiger charge is 2.36. The van der Waals surface area contributed by atoms with E-state index in [1.807, 2.05) is 0 Å². The first-order chi connectivity index (χ1) is 12.5. The Morgan fingerprint density at radius 3 is 2.14 bits per heavy atom. The Morgan fingerprint density at radius 2 is 1.61 bits per heavy atom. The molecule has 1 saturated heterocycles. The molecule has 0 amide bonds. The normalized spacial score (nSPS) is 14.8. The molecule has 2 aromatic carbocycles. The van der Waals surface area contributed by atoms with Gasteiger partial charge in [-0.2, -0.15) is 13.2 Å². The summed E-state index contributed by atoms with van der Waals surface area (Å²) in [7, 11) is 0. The van der Waals surface area contributed by atoms with Gasteiger partial charge >= 0.3 is 12.5 Å². The summed E-state index contributed by atoms with van der Waals surface area (Å²) in [6.45, 7) is 0.852. The second-order valence-electron chi connectivity index (χ2n) is 5.77. The molecule has 1 heterocycles. The Bertz CT molecular complexity index is 835. The summed E-state index contributed by atoms with van der Waals surface area (Å²) in [6, 6.07) is 5.63.